The number of hydrogen-bond acceptors (Lipinski definition) is 2. The van der Waals surface area contributed by atoms with Crippen LogP contribution in [0.3, 0.4) is 0 Å². The Morgan fingerprint density at radius 2 is 1.95 bits per heavy atom. The number of nitrogens with zero attached hydrogens (tertiary/aromatic N) is 3. The minimum atomic E-state index is 0.400. The second-order valence-electron chi connectivity index (χ2n) is 6.71. The molecule has 0 bridgehead atoms. The summed E-state index contributed by atoms with van der Waals surface area (Å²) in [5.41, 5.74) is 2.83. The van der Waals surface area contributed by atoms with Gasteiger partial charge in [0.25, 0.3) is 0 Å². The molecule has 1 aromatic carbocycles. The second kappa shape index (κ2) is 5.52. The Balaban J connectivity index is 2.08. The van der Waals surface area contributed by atoms with Crippen LogP contribution in [0.25, 0.3) is 11.0 Å². The predicted molar refractivity (Wildman–Crippen MR) is 85.2 cm³/mol. The Kier molecular flexibility index (Phi) is 3.71. The highest BCUT2D eigenvalue weighted by Gasteiger charge is 2.25. The molecule has 1 aliphatic carbocycles. The fourth-order valence-electron chi connectivity index (χ4n) is 3.54. The zero-order chi connectivity index (χ0) is 15.0. The molecule has 0 unspecified atom stereocenters. The average molecular weight is 281 g/mol. The number of hydrogen-bond donors (Lipinski definition) is 0. The first-order valence-electron chi connectivity index (χ1n) is 8.02. The van der Waals surface area contributed by atoms with Gasteiger partial charge in [-0.1, -0.05) is 19.8 Å². The highest BCUT2D eigenvalue weighted by atomic mass is 15.1. The molecule has 1 aromatic heterocycles. The average Bonchev–Trinajstić information content (AvgIpc) is 2.86. The van der Waals surface area contributed by atoms with Crippen molar-refractivity contribution in [1.82, 2.24) is 9.55 Å². The van der Waals surface area contributed by atoms with Gasteiger partial charge in [0, 0.05) is 12.0 Å². The quantitative estimate of drug-likeness (QED) is 0.794. The molecule has 0 radical (unpaired) electrons. The van der Waals surface area contributed by atoms with Crippen LogP contribution in [0.1, 0.15) is 69.8 Å². The second-order valence-corrected chi connectivity index (χ2v) is 6.71. The van der Waals surface area contributed by atoms with E-state index in [2.05, 4.69) is 37.5 Å². The normalized spacial score (nSPS) is 22.6. The molecule has 1 fully saturated rings. The Morgan fingerprint density at radius 1 is 1.24 bits per heavy atom. The maximum absolute atomic E-state index is 9.08. The highest BCUT2D eigenvalue weighted by Crippen LogP contribution is 2.37. The van der Waals surface area contributed by atoms with Crippen molar-refractivity contribution in [2.24, 2.45) is 5.92 Å². The Bertz CT molecular complexity index is 682. The topological polar surface area (TPSA) is 41.6 Å². The minimum Gasteiger partial charge on any atom is -0.325 e. The molecule has 0 saturated heterocycles. The minimum absolute atomic E-state index is 0.400. The monoisotopic (exact) mass is 281 g/mol. The molecular weight excluding hydrogens is 258 g/mol. The molecule has 2 aromatic rings. The smallest absolute Gasteiger partial charge is 0.113 e. The number of benzene rings is 1. The molecule has 0 N–H and O–H groups in total. The lowest BCUT2D eigenvalue weighted by Crippen LogP contribution is -2.16. The Morgan fingerprint density at radius 3 is 2.57 bits per heavy atom. The first-order chi connectivity index (χ1) is 10.1. The Labute approximate surface area is 126 Å². The Hall–Kier alpha value is -1.82. The van der Waals surface area contributed by atoms with Crippen LogP contribution in [0, 0.1) is 17.2 Å². The van der Waals surface area contributed by atoms with E-state index < -0.39 is 0 Å². The summed E-state index contributed by atoms with van der Waals surface area (Å²) in [6.45, 7) is 6.78. The van der Waals surface area contributed by atoms with Gasteiger partial charge in [0.05, 0.1) is 22.7 Å². The molecule has 21 heavy (non-hydrogen) atoms. The lowest BCUT2D eigenvalue weighted by atomic mass is 9.82. The van der Waals surface area contributed by atoms with Crippen molar-refractivity contribution in [2.75, 3.05) is 0 Å². The number of rotatable bonds is 2. The molecular formula is C18H23N3. The van der Waals surface area contributed by atoms with Crippen LogP contribution in [0.5, 0.6) is 0 Å². The van der Waals surface area contributed by atoms with Crippen LogP contribution < -0.4 is 0 Å². The third-order valence-corrected chi connectivity index (χ3v) is 4.74. The molecule has 1 aliphatic rings. The third kappa shape index (κ3) is 2.55. The van der Waals surface area contributed by atoms with E-state index in [0.717, 1.165) is 17.0 Å². The van der Waals surface area contributed by atoms with Crippen molar-refractivity contribution in [3.63, 3.8) is 0 Å². The maximum atomic E-state index is 9.08. The number of imidazole rings is 1. The van der Waals surface area contributed by atoms with Gasteiger partial charge in [0.2, 0.25) is 0 Å². The van der Waals surface area contributed by atoms with E-state index in [-0.39, 0.29) is 0 Å². The number of fused-ring (bicyclic) bond motifs is 1. The fraction of sp³-hybridized carbons (Fsp3) is 0.556. The summed E-state index contributed by atoms with van der Waals surface area (Å²) in [7, 11) is 0. The largest absolute Gasteiger partial charge is 0.325 e. The third-order valence-electron chi connectivity index (χ3n) is 4.74. The van der Waals surface area contributed by atoms with Crippen molar-refractivity contribution in [2.45, 2.75) is 58.4 Å². The molecule has 3 nitrogen and oxygen atoms in total. The lowest BCUT2D eigenvalue weighted by molar-refractivity contribution is 0.331. The first kappa shape index (κ1) is 14.1. The van der Waals surface area contributed by atoms with E-state index in [4.69, 9.17) is 10.2 Å². The van der Waals surface area contributed by atoms with Gasteiger partial charge in [0.15, 0.2) is 0 Å². The van der Waals surface area contributed by atoms with Crippen molar-refractivity contribution in [1.29, 1.82) is 5.26 Å². The van der Waals surface area contributed by atoms with E-state index in [1.807, 2.05) is 12.1 Å². The highest BCUT2D eigenvalue weighted by molar-refractivity contribution is 5.78. The summed E-state index contributed by atoms with van der Waals surface area (Å²) in [4.78, 5) is 4.90. The van der Waals surface area contributed by atoms with Gasteiger partial charge in [0.1, 0.15) is 5.82 Å². The fourth-order valence-corrected chi connectivity index (χ4v) is 3.54. The van der Waals surface area contributed by atoms with Gasteiger partial charge in [-0.3, -0.25) is 0 Å². The van der Waals surface area contributed by atoms with Crippen LogP contribution in [0.15, 0.2) is 18.2 Å². The van der Waals surface area contributed by atoms with E-state index in [0.29, 0.717) is 17.5 Å². The van der Waals surface area contributed by atoms with Crippen molar-refractivity contribution in [3.8, 4) is 6.07 Å². The van der Waals surface area contributed by atoms with Crippen LogP contribution in [0.4, 0.5) is 0 Å². The molecule has 0 atom stereocenters. The number of nitriles is 1. The molecule has 1 heterocycles. The van der Waals surface area contributed by atoms with Crippen molar-refractivity contribution < 1.29 is 0 Å². The summed E-state index contributed by atoms with van der Waals surface area (Å²) in [6, 6.07) is 8.48. The molecule has 0 amide bonds. The van der Waals surface area contributed by atoms with Gasteiger partial charge >= 0.3 is 0 Å². The summed E-state index contributed by atoms with van der Waals surface area (Å²) >= 11 is 0. The lowest BCUT2D eigenvalue weighted by Gasteiger charge is -2.27. The standard InChI is InChI=1S/C18H23N3/c1-12(2)21-17-9-6-14(11-19)10-16(17)20-18(21)15-7-4-13(3)5-8-15/h6,9-10,12-13,15H,4-5,7-8H2,1-3H3. The molecule has 3 rings (SSSR count). The van der Waals surface area contributed by atoms with Gasteiger partial charge in [-0.25, -0.2) is 4.98 Å². The summed E-state index contributed by atoms with van der Waals surface area (Å²) < 4.78 is 2.37. The maximum Gasteiger partial charge on any atom is 0.113 e. The van der Waals surface area contributed by atoms with E-state index in [9.17, 15) is 0 Å². The van der Waals surface area contributed by atoms with Gasteiger partial charge < -0.3 is 4.57 Å². The molecule has 3 heteroatoms. The molecule has 0 aliphatic heterocycles. The zero-order valence-corrected chi connectivity index (χ0v) is 13.1. The van der Waals surface area contributed by atoms with E-state index >= 15 is 0 Å². The van der Waals surface area contributed by atoms with E-state index in [1.54, 1.807) is 0 Å². The van der Waals surface area contributed by atoms with Crippen molar-refractivity contribution >= 4 is 11.0 Å². The van der Waals surface area contributed by atoms with Gasteiger partial charge in [-0.05, 0) is 50.8 Å². The van der Waals surface area contributed by atoms with Crippen LogP contribution in [-0.2, 0) is 0 Å². The first-order valence-corrected chi connectivity index (χ1v) is 8.02. The van der Waals surface area contributed by atoms with Crippen LogP contribution in [-0.4, -0.2) is 9.55 Å². The van der Waals surface area contributed by atoms with Gasteiger partial charge in [-0.2, -0.15) is 5.26 Å². The van der Waals surface area contributed by atoms with Crippen molar-refractivity contribution in [3.05, 3.63) is 29.6 Å². The zero-order valence-electron chi connectivity index (χ0n) is 13.1. The molecule has 0 spiro atoms. The molecule has 1 saturated carbocycles. The molecule has 110 valence electrons. The van der Waals surface area contributed by atoms with Gasteiger partial charge in [-0.15, -0.1) is 0 Å². The van der Waals surface area contributed by atoms with Crippen LogP contribution >= 0.6 is 0 Å². The summed E-state index contributed by atoms with van der Waals surface area (Å²) in [6.07, 6.45) is 5.08. The summed E-state index contributed by atoms with van der Waals surface area (Å²) in [5, 5.41) is 9.08. The SMILES string of the molecule is CC1CCC(c2nc3cc(C#N)ccc3n2C(C)C)CC1. The number of aromatic nitrogens is 2. The van der Waals surface area contributed by atoms with Crippen LogP contribution in [0.2, 0.25) is 0 Å². The predicted octanol–water partition coefficient (Wildman–Crippen LogP) is 4.78. The summed E-state index contributed by atoms with van der Waals surface area (Å²) in [5.74, 6) is 2.65. The van der Waals surface area contributed by atoms with E-state index in [1.165, 1.54) is 31.5 Å².